The minimum Gasteiger partial charge on any atom is -0.165 e. The lowest BCUT2D eigenvalue weighted by atomic mass is 11.2. The van der Waals surface area contributed by atoms with Crippen molar-refractivity contribution in [3.63, 3.8) is 0 Å². The van der Waals surface area contributed by atoms with Crippen LogP contribution >= 0.6 is 0 Å². The molecular weight excluding hydrogens is 90.1 g/mol. The van der Waals surface area contributed by atoms with Crippen molar-refractivity contribution in [3.8, 4) is 0 Å². The van der Waals surface area contributed by atoms with Crippen molar-refractivity contribution in [2.75, 3.05) is 0 Å². The van der Waals surface area contributed by atoms with Crippen LogP contribution in [-0.2, 0) is 0 Å². The molecular formula is C2F2Si+. The molecule has 5 heavy (non-hydrogen) atoms. The average molecular weight is 90.1 g/mol. The number of rotatable bonds is 0. The fourth-order valence-corrected chi connectivity index (χ4v) is 0.195. The lowest BCUT2D eigenvalue weighted by molar-refractivity contribution is 0.645. The zero-order chi connectivity index (χ0) is 3.86. The predicted octanol–water partition coefficient (Wildman–Crippen LogP) is 0.770. The van der Waals surface area contributed by atoms with Gasteiger partial charge in [-0.05, 0) is 0 Å². The smallest absolute Gasteiger partial charge is 0.165 e. The highest BCUT2D eigenvalue weighted by Gasteiger charge is 2.50. The van der Waals surface area contributed by atoms with E-state index in [4.69, 9.17) is 0 Å². The van der Waals surface area contributed by atoms with Gasteiger partial charge in [0, 0.05) is 0 Å². The van der Waals surface area contributed by atoms with Crippen LogP contribution in [0.25, 0.3) is 0 Å². The van der Waals surface area contributed by atoms with Crippen LogP contribution in [0.1, 0.15) is 0 Å². The Morgan fingerprint density at radius 2 is 1.40 bits per heavy atom. The van der Waals surface area contributed by atoms with Crippen LogP contribution in [0.15, 0.2) is 10.9 Å². The van der Waals surface area contributed by atoms with Gasteiger partial charge in [-0.15, -0.1) is 0 Å². The first kappa shape index (κ1) is 3.02. The zero-order valence-corrected chi connectivity index (χ0v) is 3.26. The molecule has 1 aliphatic heterocycles. The molecule has 1 rings (SSSR count). The van der Waals surface area contributed by atoms with Gasteiger partial charge >= 0.3 is 20.4 Å². The third-order valence-corrected chi connectivity index (χ3v) is 0.978. The Balaban J connectivity index is 2.59. The van der Waals surface area contributed by atoms with Gasteiger partial charge < -0.3 is 0 Å². The molecule has 0 nitrogen and oxygen atoms in total. The zero-order valence-electron chi connectivity index (χ0n) is 2.26. The molecule has 3 heteroatoms. The van der Waals surface area contributed by atoms with E-state index in [0.29, 0.717) is 0 Å². The molecule has 0 aromatic heterocycles. The van der Waals surface area contributed by atoms with Crippen LogP contribution in [0.3, 0.4) is 0 Å². The van der Waals surface area contributed by atoms with Crippen LogP contribution < -0.4 is 0 Å². The first-order valence-electron chi connectivity index (χ1n) is 1.13. The second-order valence-electron chi connectivity index (χ2n) is 0.753. The summed E-state index contributed by atoms with van der Waals surface area (Å²) >= 11 is 0. The number of hydrogen-bond acceptors (Lipinski definition) is 0. The van der Waals surface area contributed by atoms with E-state index in [1.165, 1.54) is 0 Å². The third-order valence-electron chi connectivity index (χ3n) is 0.350. The molecule has 0 spiro atoms. The monoisotopic (exact) mass is 90.0 g/mol. The highest BCUT2D eigenvalue weighted by Crippen LogP contribution is 2.20. The van der Waals surface area contributed by atoms with Gasteiger partial charge in [-0.2, -0.15) is 8.78 Å². The van der Waals surface area contributed by atoms with Gasteiger partial charge in [0.25, 0.3) is 0 Å². The van der Waals surface area contributed by atoms with Gasteiger partial charge in [0.05, 0.1) is 0 Å². The molecule has 0 aromatic rings. The molecule has 25 valence electrons. The summed E-state index contributed by atoms with van der Waals surface area (Å²) in [4.78, 5) is 0. The van der Waals surface area contributed by atoms with Crippen LogP contribution in [-0.4, -0.2) is 9.52 Å². The maximum absolute atomic E-state index is 11.0. The lowest BCUT2D eigenvalue weighted by Crippen LogP contribution is -1.48. The van der Waals surface area contributed by atoms with Crippen LogP contribution in [0.2, 0.25) is 0 Å². The molecule has 1 heterocycles. The summed E-state index contributed by atoms with van der Waals surface area (Å²) in [7, 11) is -0.219. The molecule has 1 aliphatic rings. The van der Waals surface area contributed by atoms with E-state index >= 15 is 0 Å². The van der Waals surface area contributed by atoms with E-state index in [2.05, 4.69) is 0 Å². The van der Waals surface area contributed by atoms with Crippen molar-refractivity contribution in [2.24, 2.45) is 0 Å². The van der Waals surface area contributed by atoms with Crippen molar-refractivity contribution in [3.05, 3.63) is 10.9 Å². The Labute approximate surface area is 30.3 Å². The van der Waals surface area contributed by atoms with Gasteiger partial charge in [0.1, 0.15) is 0 Å². The van der Waals surface area contributed by atoms with Crippen molar-refractivity contribution in [2.45, 2.75) is 0 Å². The molecule has 0 unspecified atom stereocenters. The van der Waals surface area contributed by atoms with E-state index in [1.54, 1.807) is 0 Å². The van der Waals surface area contributed by atoms with E-state index in [1.807, 2.05) is 0 Å². The number of halogens is 2. The molecule has 0 bridgehead atoms. The lowest BCUT2D eigenvalue weighted by Gasteiger charge is -1.27. The fraction of sp³-hybridized carbons (Fsp3) is 0. The largest absolute Gasteiger partial charge is 0.646 e. The Hall–Kier alpha value is -0.183. The number of hydrogen-bond donors (Lipinski definition) is 0. The van der Waals surface area contributed by atoms with Gasteiger partial charge in [0.15, 0.2) is 0 Å². The van der Waals surface area contributed by atoms with E-state index in [-0.39, 0.29) is 9.52 Å². The normalized spacial score (nSPS) is 18.8. The SMILES string of the molecule is FC1=C(F)[Si+]1. The molecule has 1 radical (unpaired) electrons. The standard InChI is InChI=1S/C2F2Si/c3-1-2(4)5-1/q+1. The molecule has 0 fully saturated rings. The quantitative estimate of drug-likeness (QED) is 0.385. The van der Waals surface area contributed by atoms with Crippen LogP contribution in [0.4, 0.5) is 8.78 Å². The van der Waals surface area contributed by atoms with Gasteiger partial charge in [0.2, 0.25) is 0 Å². The maximum atomic E-state index is 11.0. The minimum absolute atomic E-state index is 0.219. The first-order valence-corrected chi connectivity index (χ1v) is 2.13. The van der Waals surface area contributed by atoms with Crippen molar-refractivity contribution in [1.29, 1.82) is 0 Å². The summed E-state index contributed by atoms with van der Waals surface area (Å²) in [5.41, 5.74) is -1.10. The van der Waals surface area contributed by atoms with Crippen LogP contribution in [0.5, 0.6) is 0 Å². The van der Waals surface area contributed by atoms with Crippen LogP contribution in [0, 0.1) is 0 Å². The molecule has 0 saturated carbocycles. The summed E-state index contributed by atoms with van der Waals surface area (Å²) in [6.45, 7) is 0. The average Bonchev–Trinajstić information content (AvgIpc) is 1.79. The minimum atomic E-state index is -0.551. The van der Waals surface area contributed by atoms with Gasteiger partial charge in [-0.25, -0.2) is 0 Å². The summed E-state index contributed by atoms with van der Waals surface area (Å²) in [5.74, 6) is 0. The molecule has 0 aliphatic carbocycles. The van der Waals surface area contributed by atoms with Gasteiger partial charge in [-0.3, -0.25) is 0 Å². The molecule has 0 atom stereocenters. The van der Waals surface area contributed by atoms with E-state index in [0.717, 1.165) is 0 Å². The highest BCUT2D eigenvalue weighted by molar-refractivity contribution is 6.65. The van der Waals surface area contributed by atoms with Crippen molar-refractivity contribution >= 4 is 9.52 Å². The summed E-state index contributed by atoms with van der Waals surface area (Å²) in [6, 6.07) is 0. The first-order chi connectivity index (χ1) is 2.30. The summed E-state index contributed by atoms with van der Waals surface area (Å²) < 4.78 is 22.0. The Bertz CT molecular complexity index is 75.6. The molecule has 0 saturated heterocycles. The molecule has 0 aromatic carbocycles. The van der Waals surface area contributed by atoms with E-state index < -0.39 is 10.9 Å². The fourth-order valence-electron chi connectivity index (χ4n) is 0.0651. The maximum Gasteiger partial charge on any atom is 0.646 e. The highest BCUT2D eigenvalue weighted by atomic mass is 28.2. The topological polar surface area (TPSA) is 0 Å². The van der Waals surface area contributed by atoms with Crippen molar-refractivity contribution in [1.82, 2.24) is 0 Å². The second-order valence-corrected chi connectivity index (χ2v) is 1.88. The van der Waals surface area contributed by atoms with Crippen molar-refractivity contribution < 1.29 is 8.78 Å². The summed E-state index contributed by atoms with van der Waals surface area (Å²) in [6.07, 6.45) is 0. The third kappa shape index (κ3) is 0.372. The van der Waals surface area contributed by atoms with Gasteiger partial charge in [-0.1, -0.05) is 0 Å². The Kier molecular flexibility index (Phi) is 0.394. The Morgan fingerprint density at radius 1 is 1.20 bits per heavy atom. The molecule has 0 N–H and O–H groups in total. The predicted molar refractivity (Wildman–Crippen MR) is 15.0 cm³/mol. The second kappa shape index (κ2) is 0.652. The molecule has 0 amide bonds. The Morgan fingerprint density at radius 3 is 1.40 bits per heavy atom. The van der Waals surface area contributed by atoms with E-state index in [9.17, 15) is 8.78 Å². The summed E-state index contributed by atoms with van der Waals surface area (Å²) in [5, 5.41) is 0.